The van der Waals surface area contributed by atoms with Crippen LogP contribution in [0.1, 0.15) is 5.56 Å². The van der Waals surface area contributed by atoms with Gasteiger partial charge in [0.15, 0.2) is 0 Å². The summed E-state index contributed by atoms with van der Waals surface area (Å²) in [6, 6.07) is 4.43. The van der Waals surface area contributed by atoms with Crippen LogP contribution < -0.4 is 5.73 Å². The van der Waals surface area contributed by atoms with E-state index in [4.69, 9.17) is 5.73 Å². The summed E-state index contributed by atoms with van der Waals surface area (Å²) < 4.78 is 0. The fraction of sp³-hybridized carbons (Fsp3) is 0.545. The fourth-order valence-electron chi connectivity index (χ4n) is 2.16. The maximum Gasteiger partial charge on any atom is 0.0299 e. The fourth-order valence-corrected chi connectivity index (χ4v) is 2.16. The lowest BCUT2D eigenvalue weighted by Crippen LogP contribution is -2.30. The van der Waals surface area contributed by atoms with Gasteiger partial charge in [-0.3, -0.25) is 4.98 Å². The number of aromatic nitrogens is 1. The molecule has 1 fully saturated rings. The molecule has 2 rings (SSSR count). The lowest BCUT2D eigenvalue weighted by atomic mass is 9.96. The number of pyridine rings is 1. The van der Waals surface area contributed by atoms with Crippen molar-refractivity contribution in [2.75, 3.05) is 20.1 Å². The van der Waals surface area contributed by atoms with E-state index in [1.165, 1.54) is 5.56 Å². The standard InChI is InChI=1S/C11H17N3/c1-14-7-10(11(12)8-14)5-9-3-2-4-13-6-9/h2-4,6,10-11H,5,7-8,12H2,1H3. The predicted octanol–water partition coefficient (Wildman–Crippen LogP) is 0.513. The van der Waals surface area contributed by atoms with Gasteiger partial charge in [0.05, 0.1) is 0 Å². The van der Waals surface area contributed by atoms with Crippen LogP contribution in [-0.4, -0.2) is 36.1 Å². The Balaban J connectivity index is 1.98. The summed E-state index contributed by atoms with van der Waals surface area (Å²) >= 11 is 0. The van der Waals surface area contributed by atoms with E-state index in [1.54, 1.807) is 0 Å². The van der Waals surface area contributed by atoms with Crippen LogP contribution in [-0.2, 0) is 6.42 Å². The molecule has 3 nitrogen and oxygen atoms in total. The van der Waals surface area contributed by atoms with E-state index in [9.17, 15) is 0 Å². The molecule has 1 aliphatic rings. The molecule has 14 heavy (non-hydrogen) atoms. The Morgan fingerprint density at radius 2 is 2.43 bits per heavy atom. The molecule has 0 bridgehead atoms. The summed E-state index contributed by atoms with van der Waals surface area (Å²) in [7, 11) is 2.13. The number of hydrogen-bond donors (Lipinski definition) is 1. The summed E-state index contributed by atoms with van der Waals surface area (Å²) in [4.78, 5) is 6.41. The number of nitrogens with zero attached hydrogens (tertiary/aromatic N) is 2. The van der Waals surface area contributed by atoms with Crippen molar-refractivity contribution < 1.29 is 0 Å². The Bertz CT molecular complexity index is 286. The molecule has 2 unspecified atom stereocenters. The van der Waals surface area contributed by atoms with Crippen molar-refractivity contribution in [2.24, 2.45) is 11.7 Å². The first-order valence-electron chi connectivity index (χ1n) is 5.09. The van der Waals surface area contributed by atoms with Gasteiger partial charge in [-0.15, -0.1) is 0 Å². The van der Waals surface area contributed by atoms with Gasteiger partial charge in [0.25, 0.3) is 0 Å². The quantitative estimate of drug-likeness (QED) is 0.740. The molecule has 0 spiro atoms. The second-order valence-corrected chi connectivity index (χ2v) is 4.21. The normalized spacial score (nSPS) is 28.1. The maximum atomic E-state index is 6.06. The Morgan fingerprint density at radius 1 is 1.57 bits per heavy atom. The van der Waals surface area contributed by atoms with Crippen LogP contribution in [0.25, 0.3) is 0 Å². The molecule has 0 radical (unpaired) electrons. The Morgan fingerprint density at radius 3 is 3.00 bits per heavy atom. The van der Waals surface area contributed by atoms with Crippen molar-refractivity contribution in [3.8, 4) is 0 Å². The van der Waals surface area contributed by atoms with Gasteiger partial charge in [0, 0.05) is 31.5 Å². The van der Waals surface area contributed by atoms with E-state index in [1.807, 2.05) is 18.5 Å². The number of hydrogen-bond acceptors (Lipinski definition) is 3. The molecular formula is C11H17N3. The molecule has 1 aromatic heterocycles. The van der Waals surface area contributed by atoms with Crippen molar-refractivity contribution >= 4 is 0 Å². The topological polar surface area (TPSA) is 42.1 Å². The van der Waals surface area contributed by atoms with Crippen molar-refractivity contribution in [1.29, 1.82) is 0 Å². The third kappa shape index (κ3) is 2.11. The first-order chi connectivity index (χ1) is 6.75. The van der Waals surface area contributed by atoms with Gasteiger partial charge in [0.1, 0.15) is 0 Å². The Kier molecular flexibility index (Phi) is 2.79. The lowest BCUT2D eigenvalue weighted by Gasteiger charge is -2.13. The molecule has 0 aliphatic carbocycles. The summed E-state index contributed by atoms with van der Waals surface area (Å²) in [5.74, 6) is 0.587. The second-order valence-electron chi connectivity index (χ2n) is 4.21. The second kappa shape index (κ2) is 4.07. The molecule has 2 N–H and O–H groups in total. The van der Waals surface area contributed by atoms with Gasteiger partial charge in [-0.25, -0.2) is 0 Å². The summed E-state index contributed by atoms with van der Waals surface area (Å²) in [6.45, 7) is 2.13. The van der Waals surface area contributed by atoms with Gasteiger partial charge in [0.2, 0.25) is 0 Å². The first kappa shape index (κ1) is 9.62. The molecule has 1 aromatic rings. The van der Waals surface area contributed by atoms with E-state index >= 15 is 0 Å². The zero-order chi connectivity index (χ0) is 9.97. The highest BCUT2D eigenvalue weighted by molar-refractivity contribution is 5.10. The van der Waals surface area contributed by atoms with Gasteiger partial charge in [-0.05, 0) is 31.0 Å². The number of likely N-dealkylation sites (N-methyl/N-ethyl adjacent to an activating group) is 1. The van der Waals surface area contributed by atoms with Crippen molar-refractivity contribution in [3.63, 3.8) is 0 Å². The molecule has 0 aromatic carbocycles. The van der Waals surface area contributed by atoms with Crippen LogP contribution in [0.4, 0.5) is 0 Å². The van der Waals surface area contributed by atoms with Crippen LogP contribution in [0.5, 0.6) is 0 Å². The minimum atomic E-state index is 0.320. The van der Waals surface area contributed by atoms with E-state index in [0.29, 0.717) is 12.0 Å². The third-order valence-electron chi connectivity index (χ3n) is 2.89. The Hall–Kier alpha value is -0.930. The lowest BCUT2D eigenvalue weighted by molar-refractivity contribution is 0.394. The van der Waals surface area contributed by atoms with Gasteiger partial charge in [-0.1, -0.05) is 6.07 Å². The minimum absolute atomic E-state index is 0.320. The number of nitrogens with two attached hydrogens (primary N) is 1. The van der Waals surface area contributed by atoms with Crippen molar-refractivity contribution in [3.05, 3.63) is 30.1 Å². The molecule has 76 valence electrons. The average Bonchev–Trinajstić information content (AvgIpc) is 2.47. The van der Waals surface area contributed by atoms with Crippen LogP contribution in [0.15, 0.2) is 24.5 Å². The SMILES string of the molecule is CN1CC(N)C(Cc2cccnc2)C1. The number of rotatable bonds is 2. The van der Waals surface area contributed by atoms with Gasteiger partial charge < -0.3 is 10.6 Å². The van der Waals surface area contributed by atoms with Crippen LogP contribution in [0.3, 0.4) is 0 Å². The van der Waals surface area contributed by atoms with E-state index < -0.39 is 0 Å². The molecule has 2 atom stereocenters. The highest BCUT2D eigenvalue weighted by Gasteiger charge is 2.27. The van der Waals surface area contributed by atoms with Crippen molar-refractivity contribution in [2.45, 2.75) is 12.5 Å². The van der Waals surface area contributed by atoms with Gasteiger partial charge >= 0.3 is 0 Å². The van der Waals surface area contributed by atoms with E-state index in [-0.39, 0.29) is 0 Å². The highest BCUT2D eigenvalue weighted by atomic mass is 15.1. The molecule has 2 heterocycles. The largest absolute Gasteiger partial charge is 0.326 e. The zero-order valence-electron chi connectivity index (χ0n) is 8.56. The monoisotopic (exact) mass is 191 g/mol. The summed E-state index contributed by atoms with van der Waals surface area (Å²) in [6.07, 6.45) is 4.80. The molecular weight excluding hydrogens is 174 g/mol. The summed E-state index contributed by atoms with van der Waals surface area (Å²) in [5, 5.41) is 0. The molecule has 0 saturated carbocycles. The third-order valence-corrected chi connectivity index (χ3v) is 2.89. The van der Waals surface area contributed by atoms with Crippen LogP contribution in [0.2, 0.25) is 0 Å². The minimum Gasteiger partial charge on any atom is -0.326 e. The molecule has 0 amide bonds. The van der Waals surface area contributed by atoms with Crippen LogP contribution >= 0.6 is 0 Å². The summed E-state index contributed by atoms with van der Waals surface area (Å²) in [5.41, 5.74) is 7.35. The zero-order valence-corrected chi connectivity index (χ0v) is 8.56. The van der Waals surface area contributed by atoms with E-state index in [2.05, 4.69) is 23.0 Å². The van der Waals surface area contributed by atoms with Crippen LogP contribution in [0, 0.1) is 5.92 Å². The predicted molar refractivity (Wildman–Crippen MR) is 56.9 cm³/mol. The molecule has 3 heteroatoms. The Labute approximate surface area is 84.9 Å². The first-order valence-corrected chi connectivity index (χ1v) is 5.09. The van der Waals surface area contributed by atoms with E-state index in [0.717, 1.165) is 19.5 Å². The van der Waals surface area contributed by atoms with Crippen molar-refractivity contribution in [1.82, 2.24) is 9.88 Å². The smallest absolute Gasteiger partial charge is 0.0299 e. The average molecular weight is 191 g/mol. The molecule has 1 aliphatic heterocycles. The number of likely N-dealkylation sites (tertiary alicyclic amines) is 1. The highest BCUT2D eigenvalue weighted by Crippen LogP contribution is 2.18. The molecule has 1 saturated heterocycles. The van der Waals surface area contributed by atoms with Gasteiger partial charge in [-0.2, -0.15) is 0 Å². The maximum absolute atomic E-state index is 6.06.